The maximum absolute atomic E-state index is 12.9. The van der Waals surface area contributed by atoms with Crippen molar-refractivity contribution in [1.82, 2.24) is 0 Å². The third-order valence-corrected chi connectivity index (χ3v) is 4.60. The zero-order valence-corrected chi connectivity index (χ0v) is 16.8. The molecule has 0 amide bonds. The molecule has 0 aromatic rings. The summed E-state index contributed by atoms with van der Waals surface area (Å²) in [4.78, 5) is 12.9. The quantitative estimate of drug-likeness (QED) is 0.425. The summed E-state index contributed by atoms with van der Waals surface area (Å²) in [6.45, 7) is 16.5. The first-order valence-electron chi connectivity index (χ1n) is 8.87. The lowest BCUT2D eigenvalue weighted by atomic mass is 9.77. The number of hydrogen-bond acceptors (Lipinski definition) is 2. The van der Waals surface area contributed by atoms with Crippen molar-refractivity contribution in [2.45, 2.75) is 61.8 Å². The molecule has 25 heavy (non-hydrogen) atoms. The van der Waals surface area contributed by atoms with Crippen LogP contribution in [0.1, 0.15) is 61.8 Å². The zero-order valence-electron chi connectivity index (χ0n) is 16.8. The van der Waals surface area contributed by atoms with Gasteiger partial charge >= 0.3 is 0 Å². The molecular formula is C23H30O2. The Kier molecular flexibility index (Phi) is 4.90. The Morgan fingerprint density at radius 2 is 1.52 bits per heavy atom. The van der Waals surface area contributed by atoms with Gasteiger partial charge in [0.1, 0.15) is 5.76 Å². The molecule has 0 saturated heterocycles. The molecule has 0 radical (unpaired) electrons. The Balaban J connectivity index is 2.68. The molecule has 0 heterocycles. The average Bonchev–Trinajstić information content (AvgIpc) is 2.43. The maximum Gasteiger partial charge on any atom is 0.197 e. The van der Waals surface area contributed by atoms with E-state index in [2.05, 4.69) is 33.4 Å². The van der Waals surface area contributed by atoms with Gasteiger partial charge in [-0.15, -0.1) is 0 Å². The number of hydrogen-bond donors (Lipinski definition) is 1. The Labute approximate surface area is 152 Å². The second-order valence-electron chi connectivity index (χ2n) is 9.22. The van der Waals surface area contributed by atoms with Gasteiger partial charge in [-0.3, -0.25) is 4.79 Å². The van der Waals surface area contributed by atoms with Crippen molar-refractivity contribution in [3.8, 4) is 0 Å². The zero-order chi connectivity index (χ0) is 19.2. The highest BCUT2D eigenvalue weighted by molar-refractivity contribution is 6.12. The third kappa shape index (κ3) is 4.14. The Morgan fingerprint density at radius 3 is 2.04 bits per heavy atom. The lowest BCUT2D eigenvalue weighted by Crippen LogP contribution is -2.21. The molecule has 0 unspecified atom stereocenters. The summed E-state index contributed by atoms with van der Waals surface area (Å²) in [5, 5.41) is 10.8. The summed E-state index contributed by atoms with van der Waals surface area (Å²) in [7, 11) is 0. The Bertz CT molecular complexity index is 803. The summed E-state index contributed by atoms with van der Waals surface area (Å²) in [5.74, 6) is 0.253. The number of carbonyl (C=O) groups excluding carboxylic acids is 1. The average molecular weight is 338 g/mol. The van der Waals surface area contributed by atoms with E-state index >= 15 is 0 Å². The van der Waals surface area contributed by atoms with Gasteiger partial charge in [0.2, 0.25) is 0 Å². The molecule has 0 aliphatic heterocycles. The smallest absolute Gasteiger partial charge is 0.197 e. The minimum atomic E-state index is -0.225. The Morgan fingerprint density at radius 1 is 0.920 bits per heavy atom. The molecule has 0 aromatic heterocycles. The van der Waals surface area contributed by atoms with E-state index in [4.69, 9.17) is 0 Å². The van der Waals surface area contributed by atoms with Gasteiger partial charge in [0.25, 0.3) is 0 Å². The van der Waals surface area contributed by atoms with Crippen molar-refractivity contribution in [2.24, 2.45) is 10.8 Å². The van der Waals surface area contributed by atoms with Gasteiger partial charge in [0.05, 0.1) is 11.1 Å². The lowest BCUT2D eigenvalue weighted by molar-refractivity contribution is -0.112. The monoisotopic (exact) mass is 338 g/mol. The van der Waals surface area contributed by atoms with Crippen LogP contribution < -0.4 is 0 Å². The lowest BCUT2D eigenvalue weighted by Gasteiger charge is -2.28. The van der Waals surface area contributed by atoms with Crippen LogP contribution in [-0.2, 0) is 4.79 Å². The summed E-state index contributed by atoms with van der Waals surface area (Å²) in [5.41, 5.74) is 7.95. The first-order valence-corrected chi connectivity index (χ1v) is 8.87. The van der Waals surface area contributed by atoms with Gasteiger partial charge in [-0.05, 0) is 54.4 Å². The van der Waals surface area contributed by atoms with Crippen LogP contribution in [0.2, 0.25) is 0 Å². The van der Waals surface area contributed by atoms with Crippen molar-refractivity contribution >= 4 is 5.78 Å². The number of aliphatic hydroxyl groups is 1. The third-order valence-electron chi connectivity index (χ3n) is 4.60. The summed E-state index contributed by atoms with van der Waals surface area (Å²) >= 11 is 0. The van der Waals surface area contributed by atoms with Crippen LogP contribution in [0.3, 0.4) is 0 Å². The van der Waals surface area contributed by atoms with Crippen molar-refractivity contribution in [3.05, 3.63) is 63.2 Å². The fourth-order valence-electron chi connectivity index (χ4n) is 3.17. The molecule has 2 nitrogen and oxygen atoms in total. The van der Waals surface area contributed by atoms with E-state index in [9.17, 15) is 9.90 Å². The van der Waals surface area contributed by atoms with Gasteiger partial charge in [-0.2, -0.15) is 0 Å². The Hall–Kier alpha value is -2.05. The minimum Gasteiger partial charge on any atom is -0.507 e. The molecular weight excluding hydrogens is 308 g/mol. The van der Waals surface area contributed by atoms with Crippen LogP contribution in [-0.4, -0.2) is 10.9 Å². The molecule has 0 bridgehead atoms. The largest absolute Gasteiger partial charge is 0.507 e. The molecule has 0 aromatic carbocycles. The van der Waals surface area contributed by atoms with Crippen molar-refractivity contribution in [2.75, 3.05) is 0 Å². The van der Waals surface area contributed by atoms with Crippen LogP contribution in [0.4, 0.5) is 0 Å². The predicted octanol–water partition coefficient (Wildman–Crippen LogP) is 6.15. The summed E-state index contributed by atoms with van der Waals surface area (Å²) < 4.78 is 0. The fraction of sp³-hybridized carbons (Fsp3) is 0.478. The molecule has 0 atom stereocenters. The topological polar surface area (TPSA) is 37.3 Å². The van der Waals surface area contributed by atoms with E-state index in [0.29, 0.717) is 11.1 Å². The maximum atomic E-state index is 12.9. The standard InChI is InChI=1S/C23H30O2/c1-14-9-16(20(24)18(11-14)22(3,4)5)13-17-10-15(2)12-19(21(17)25)23(6,7)8/h9-11,25H,12H2,1-8H3. The number of carbonyl (C=O) groups is 1. The molecule has 2 rings (SSSR count). The van der Waals surface area contributed by atoms with E-state index in [0.717, 1.165) is 23.1 Å². The van der Waals surface area contributed by atoms with Crippen LogP contribution in [0.15, 0.2) is 63.2 Å². The highest BCUT2D eigenvalue weighted by atomic mass is 16.3. The van der Waals surface area contributed by atoms with E-state index in [1.807, 2.05) is 45.9 Å². The van der Waals surface area contributed by atoms with Gasteiger partial charge in [-0.25, -0.2) is 0 Å². The molecule has 134 valence electrons. The number of ketones is 1. The van der Waals surface area contributed by atoms with E-state index < -0.39 is 0 Å². The molecule has 0 fully saturated rings. The summed E-state index contributed by atoms with van der Waals surface area (Å²) in [6.07, 6.45) is 6.50. The first-order chi connectivity index (χ1) is 11.3. The molecule has 1 N–H and O–H groups in total. The van der Waals surface area contributed by atoms with Crippen molar-refractivity contribution < 1.29 is 9.90 Å². The molecule has 0 saturated carbocycles. The predicted molar refractivity (Wildman–Crippen MR) is 104 cm³/mol. The van der Waals surface area contributed by atoms with E-state index in [1.165, 1.54) is 5.57 Å². The highest BCUT2D eigenvalue weighted by Gasteiger charge is 2.29. The van der Waals surface area contributed by atoms with Crippen LogP contribution in [0.5, 0.6) is 0 Å². The molecule has 0 spiro atoms. The second-order valence-corrected chi connectivity index (χ2v) is 9.22. The SMILES string of the molecule is CC1=CC(=C=C2C=C(C)CC(C(C)(C)C)=C2O)C(=O)C(C(C)(C)C)=C1. The van der Waals surface area contributed by atoms with Gasteiger partial charge < -0.3 is 5.11 Å². The first kappa shape index (κ1) is 19.3. The summed E-state index contributed by atoms with van der Waals surface area (Å²) in [6, 6.07) is 0. The van der Waals surface area contributed by atoms with Gasteiger partial charge in [0.15, 0.2) is 5.78 Å². The van der Waals surface area contributed by atoms with Crippen LogP contribution >= 0.6 is 0 Å². The fourth-order valence-corrected chi connectivity index (χ4v) is 3.17. The molecule has 2 heteroatoms. The number of Topliss-reactive ketones (excluding diaryl/α,β-unsaturated/α-hetero) is 1. The van der Waals surface area contributed by atoms with E-state index in [1.54, 1.807) is 0 Å². The van der Waals surface area contributed by atoms with Crippen molar-refractivity contribution in [3.63, 3.8) is 0 Å². The number of aliphatic hydroxyl groups excluding tert-OH is 1. The minimum absolute atomic E-state index is 0.00710. The van der Waals surface area contributed by atoms with E-state index in [-0.39, 0.29) is 22.4 Å². The normalized spacial score (nSPS) is 19.5. The van der Waals surface area contributed by atoms with Crippen LogP contribution in [0, 0.1) is 10.8 Å². The van der Waals surface area contributed by atoms with Crippen molar-refractivity contribution in [1.29, 1.82) is 0 Å². The van der Waals surface area contributed by atoms with Gasteiger partial charge in [-0.1, -0.05) is 58.9 Å². The second kappa shape index (κ2) is 6.35. The molecule has 2 aliphatic rings. The van der Waals surface area contributed by atoms with Crippen LogP contribution in [0.25, 0.3) is 0 Å². The molecule has 2 aliphatic carbocycles. The van der Waals surface area contributed by atoms with Gasteiger partial charge in [0, 0.05) is 5.57 Å². The highest BCUT2D eigenvalue weighted by Crippen LogP contribution is 2.38. The number of rotatable bonds is 0. The number of allylic oxidation sites excluding steroid dienone is 7.